The molecule has 1 rings (SSSR count). The van der Waals surface area contributed by atoms with Crippen LogP contribution in [0.2, 0.25) is 0 Å². The molecule has 0 aliphatic carbocycles. The van der Waals surface area contributed by atoms with Crippen LogP contribution in [0, 0.1) is 5.92 Å². The molecule has 1 heterocycles. The van der Waals surface area contributed by atoms with Gasteiger partial charge in [0.25, 0.3) is 5.91 Å². The van der Waals surface area contributed by atoms with Crippen molar-refractivity contribution < 1.29 is 9.90 Å². The molecule has 0 radical (unpaired) electrons. The van der Waals surface area contributed by atoms with Crippen molar-refractivity contribution in [1.29, 1.82) is 0 Å². The van der Waals surface area contributed by atoms with Crippen LogP contribution in [-0.2, 0) is 0 Å². The molecule has 0 aliphatic heterocycles. The number of nitrogens with zero attached hydrogens (tertiary/aromatic N) is 1. The third-order valence-corrected chi connectivity index (χ3v) is 3.54. The summed E-state index contributed by atoms with van der Waals surface area (Å²) in [7, 11) is 0. The van der Waals surface area contributed by atoms with Gasteiger partial charge in [-0.15, -0.1) is 0 Å². The Labute approximate surface area is 117 Å². The van der Waals surface area contributed by atoms with Crippen LogP contribution in [0.4, 0.5) is 0 Å². The molecule has 0 aliphatic rings. The summed E-state index contributed by atoms with van der Waals surface area (Å²) in [6.07, 6.45) is 1.90. The second-order valence-corrected chi connectivity index (χ2v) is 5.88. The number of hydrogen-bond acceptors (Lipinski definition) is 2. The van der Waals surface area contributed by atoms with Crippen LogP contribution >= 0.6 is 15.9 Å². The van der Waals surface area contributed by atoms with Gasteiger partial charge in [-0.25, -0.2) is 0 Å². The summed E-state index contributed by atoms with van der Waals surface area (Å²) in [5.74, 6) is -0.0675. The van der Waals surface area contributed by atoms with Crippen molar-refractivity contribution in [2.24, 2.45) is 5.92 Å². The number of amides is 1. The Morgan fingerprint density at radius 2 is 2.06 bits per heavy atom. The summed E-state index contributed by atoms with van der Waals surface area (Å²) in [6, 6.07) is 1.98. The first kappa shape index (κ1) is 15.2. The Morgan fingerprint density at radius 1 is 1.44 bits per heavy atom. The molecule has 0 saturated heterocycles. The molecule has 0 saturated carbocycles. The Kier molecular flexibility index (Phi) is 5.41. The van der Waals surface area contributed by atoms with Crippen molar-refractivity contribution in [3.63, 3.8) is 0 Å². The van der Waals surface area contributed by atoms with Crippen molar-refractivity contribution in [3.8, 4) is 0 Å². The van der Waals surface area contributed by atoms with Gasteiger partial charge in [0.2, 0.25) is 0 Å². The molecule has 1 amide bonds. The summed E-state index contributed by atoms with van der Waals surface area (Å²) in [5, 5.41) is 12.0. The molecule has 102 valence electrons. The van der Waals surface area contributed by atoms with Crippen LogP contribution in [-0.4, -0.2) is 28.2 Å². The van der Waals surface area contributed by atoms with E-state index in [1.807, 2.05) is 44.5 Å². The fourth-order valence-electron chi connectivity index (χ4n) is 1.64. The molecule has 2 N–H and O–H groups in total. The zero-order chi connectivity index (χ0) is 13.9. The maximum absolute atomic E-state index is 12.2. The number of rotatable bonds is 5. The van der Waals surface area contributed by atoms with E-state index in [0.29, 0.717) is 5.69 Å². The Bertz CT molecular complexity index is 415. The number of hydrogen-bond donors (Lipinski definition) is 2. The van der Waals surface area contributed by atoms with Gasteiger partial charge in [-0.05, 0) is 48.7 Å². The van der Waals surface area contributed by atoms with Crippen LogP contribution in [0.15, 0.2) is 16.7 Å². The van der Waals surface area contributed by atoms with Crippen molar-refractivity contribution in [1.82, 2.24) is 9.88 Å². The third-order valence-electron chi connectivity index (χ3n) is 3.10. The lowest BCUT2D eigenvalue weighted by atomic mass is 10.1. The highest BCUT2D eigenvalue weighted by atomic mass is 79.9. The van der Waals surface area contributed by atoms with Gasteiger partial charge < -0.3 is 15.0 Å². The normalized spacial score (nSPS) is 14.6. The van der Waals surface area contributed by atoms with Gasteiger partial charge in [-0.1, -0.05) is 6.92 Å². The second-order valence-electron chi connectivity index (χ2n) is 4.97. The number of aliphatic hydroxyl groups excluding tert-OH is 1. The zero-order valence-electron chi connectivity index (χ0n) is 11.3. The molecule has 0 spiro atoms. The standard InChI is InChI=1S/C13H21BrN2O2/c1-8(2)16-6-11(14)5-12(16)13(18)15-10(4)9(3)7-17/h5-6,8-10,17H,7H2,1-4H3,(H,15,18). The van der Waals surface area contributed by atoms with Crippen molar-refractivity contribution in [3.05, 3.63) is 22.4 Å². The first-order valence-corrected chi connectivity index (χ1v) is 6.95. The monoisotopic (exact) mass is 316 g/mol. The summed E-state index contributed by atoms with van der Waals surface area (Å²) in [6.45, 7) is 7.93. The van der Waals surface area contributed by atoms with Crippen LogP contribution in [0.5, 0.6) is 0 Å². The Morgan fingerprint density at radius 3 is 2.56 bits per heavy atom. The lowest BCUT2D eigenvalue weighted by Crippen LogP contribution is -2.39. The molecular weight excluding hydrogens is 296 g/mol. The van der Waals surface area contributed by atoms with E-state index in [0.717, 1.165) is 4.47 Å². The highest BCUT2D eigenvalue weighted by Gasteiger charge is 2.19. The van der Waals surface area contributed by atoms with Crippen molar-refractivity contribution >= 4 is 21.8 Å². The number of aliphatic hydroxyl groups is 1. The number of halogens is 1. The maximum Gasteiger partial charge on any atom is 0.268 e. The summed E-state index contributed by atoms with van der Waals surface area (Å²) >= 11 is 3.39. The second kappa shape index (κ2) is 6.38. The molecule has 4 nitrogen and oxygen atoms in total. The highest BCUT2D eigenvalue weighted by Crippen LogP contribution is 2.19. The molecule has 5 heteroatoms. The van der Waals surface area contributed by atoms with Gasteiger partial charge in [0, 0.05) is 29.4 Å². The van der Waals surface area contributed by atoms with Crippen molar-refractivity contribution in [2.45, 2.75) is 39.8 Å². The van der Waals surface area contributed by atoms with Gasteiger partial charge in [0.1, 0.15) is 5.69 Å². The van der Waals surface area contributed by atoms with E-state index in [9.17, 15) is 4.79 Å². The molecule has 0 fully saturated rings. The minimum absolute atomic E-state index is 0.0415. The van der Waals surface area contributed by atoms with Gasteiger partial charge in [-0.2, -0.15) is 0 Å². The predicted octanol–water partition coefficient (Wildman–Crippen LogP) is 2.58. The van der Waals surface area contributed by atoms with Crippen LogP contribution in [0.3, 0.4) is 0 Å². The smallest absolute Gasteiger partial charge is 0.268 e. The summed E-state index contributed by atoms with van der Waals surface area (Å²) in [5.41, 5.74) is 0.633. The third kappa shape index (κ3) is 3.59. The molecule has 1 aromatic rings. The maximum atomic E-state index is 12.2. The van der Waals surface area contributed by atoms with Crippen LogP contribution in [0.25, 0.3) is 0 Å². The average Bonchev–Trinajstić information content (AvgIpc) is 2.70. The van der Waals surface area contributed by atoms with E-state index in [4.69, 9.17) is 5.11 Å². The van der Waals surface area contributed by atoms with Gasteiger partial charge >= 0.3 is 0 Å². The van der Waals surface area contributed by atoms with Crippen LogP contribution < -0.4 is 5.32 Å². The van der Waals surface area contributed by atoms with Crippen molar-refractivity contribution in [2.75, 3.05) is 6.61 Å². The fraction of sp³-hybridized carbons (Fsp3) is 0.615. The van der Waals surface area contributed by atoms with Gasteiger partial charge in [-0.3, -0.25) is 4.79 Å². The topological polar surface area (TPSA) is 54.3 Å². The minimum atomic E-state index is -0.109. The molecular formula is C13H21BrN2O2. The molecule has 18 heavy (non-hydrogen) atoms. The SMILES string of the molecule is CC(CO)C(C)NC(=O)c1cc(Br)cn1C(C)C. The minimum Gasteiger partial charge on any atom is -0.396 e. The average molecular weight is 317 g/mol. The lowest BCUT2D eigenvalue weighted by Gasteiger charge is -2.20. The van der Waals surface area contributed by atoms with Gasteiger partial charge in [0.05, 0.1) is 0 Å². The first-order valence-electron chi connectivity index (χ1n) is 6.16. The largest absolute Gasteiger partial charge is 0.396 e. The summed E-state index contributed by atoms with van der Waals surface area (Å²) < 4.78 is 2.82. The molecule has 0 aromatic carbocycles. The van der Waals surface area contributed by atoms with E-state index in [2.05, 4.69) is 21.2 Å². The zero-order valence-corrected chi connectivity index (χ0v) is 12.9. The molecule has 2 atom stereocenters. The van der Waals surface area contributed by atoms with E-state index in [1.165, 1.54) is 0 Å². The Hall–Kier alpha value is -0.810. The molecule has 1 aromatic heterocycles. The van der Waals surface area contributed by atoms with E-state index >= 15 is 0 Å². The Balaban J connectivity index is 2.84. The quantitative estimate of drug-likeness (QED) is 0.877. The van der Waals surface area contributed by atoms with E-state index < -0.39 is 0 Å². The van der Waals surface area contributed by atoms with E-state index in [1.54, 1.807) is 0 Å². The lowest BCUT2D eigenvalue weighted by molar-refractivity contribution is 0.0905. The summed E-state index contributed by atoms with van der Waals surface area (Å²) in [4.78, 5) is 12.2. The number of aromatic nitrogens is 1. The van der Waals surface area contributed by atoms with Gasteiger partial charge in [0.15, 0.2) is 0 Å². The first-order chi connectivity index (χ1) is 8.36. The molecule has 2 unspecified atom stereocenters. The highest BCUT2D eigenvalue weighted by molar-refractivity contribution is 9.10. The number of carbonyl (C=O) groups is 1. The fourth-order valence-corrected chi connectivity index (χ4v) is 2.07. The van der Waals surface area contributed by atoms with E-state index in [-0.39, 0.29) is 30.5 Å². The number of nitrogens with one attached hydrogen (secondary N) is 1. The predicted molar refractivity (Wildman–Crippen MR) is 75.7 cm³/mol. The molecule has 0 bridgehead atoms. The number of carbonyl (C=O) groups excluding carboxylic acids is 1. The van der Waals surface area contributed by atoms with Crippen LogP contribution in [0.1, 0.15) is 44.2 Å².